The first-order valence-electron chi connectivity index (χ1n) is 10.7. The molecule has 0 radical (unpaired) electrons. The lowest BCUT2D eigenvalue weighted by atomic mass is 10.0. The summed E-state index contributed by atoms with van der Waals surface area (Å²) in [6.07, 6.45) is -0.312. The number of carbonyl (C=O) groups excluding carboxylic acids is 1. The Bertz CT molecular complexity index is 1370. The molecule has 1 fully saturated rings. The van der Waals surface area contributed by atoms with Gasteiger partial charge in [-0.05, 0) is 49.2 Å². The van der Waals surface area contributed by atoms with Gasteiger partial charge >= 0.3 is 0 Å². The van der Waals surface area contributed by atoms with Crippen molar-refractivity contribution in [1.29, 1.82) is 0 Å². The van der Waals surface area contributed by atoms with Crippen LogP contribution in [0.2, 0.25) is 5.02 Å². The van der Waals surface area contributed by atoms with Crippen molar-refractivity contribution in [2.24, 2.45) is 0 Å². The number of rotatable bonds is 5. The van der Waals surface area contributed by atoms with Gasteiger partial charge in [0.05, 0.1) is 15.9 Å². The smallest absolute Gasteiger partial charge is 0.274 e. The molecule has 2 aromatic heterocycles. The van der Waals surface area contributed by atoms with Crippen LogP contribution in [-0.2, 0) is 6.42 Å². The number of thiazole rings is 1. The van der Waals surface area contributed by atoms with Gasteiger partial charge in [0.2, 0.25) is 0 Å². The van der Waals surface area contributed by atoms with Crippen LogP contribution in [0, 0.1) is 12.7 Å². The minimum Gasteiger partial charge on any atom is -0.441 e. The Balaban J connectivity index is 1.40. The van der Waals surface area contributed by atoms with E-state index >= 15 is 0 Å². The first kappa shape index (κ1) is 22.9. The molecule has 0 aliphatic carbocycles. The Labute approximate surface area is 202 Å². The molecule has 5 rings (SSSR count). The molecule has 10 heteroatoms. The van der Waals surface area contributed by atoms with E-state index in [1.54, 1.807) is 37.3 Å². The summed E-state index contributed by atoms with van der Waals surface area (Å²) in [6.45, 7) is 1.66. The fourth-order valence-corrected chi connectivity index (χ4v) is 5.33. The molecular weight excluding hydrogens is 487 g/mol. The number of benzene rings is 2. The Morgan fingerprint density at radius 2 is 2.00 bits per heavy atom. The number of alkyl halides is 2. The minimum absolute atomic E-state index is 0.0195. The molecule has 1 atom stereocenters. The van der Waals surface area contributed by atoms with Crippen LogP contribution in [-0.4, -0.2) is 39.3 Å². The number of hydrogen-bond donors (Lipinski definition) is 0. The summed E-state index contributed by atoms with van der Waals surface area (Å²) < 4.78 is 48.7. The molecule has 34 heavy (non-hydrogen) atoms. The lowest BCUT2D eigenvalue weighted by Crippen LogP contribution is -2.43. The van der Waals surface area contributed by atoms with Crippen LogP contribution in [0.15, 0.2) is 46.9 Å². The molecule has 0 spiro atoms. The van der Waals surface area contributed by atoms with Crippen molar-refractivity contribution < 1.29 is 22.4 Å². The van der Waals surface area contributed by atoms with Gasteiger partial charge in [-0.3, -0.25) is 4.79 Å². The quantitative estimate of drug-likeness (QED) is 0.309. The third-order valence-electron chi connectivity index (χ3n) is 5.88. The maximum absolute atomic E-state index is 14.8. The minimum atomic E-state index is -3.05. The van der Waals surface area contributed by atoms with Crippen molar-refractivity contribution in [1.82, 2.24) is 14.9 Å². The van der Waals surface area contributed by atoms with Crippen LogP contribution in [0.4, 0.5) is 13.2 Å². The summed E-state index contributed by atoms with van der Waals surface area (Å²) in [5, 5.41) is 1.12. The van der Waals surface area contributed by atoms with Crippen LogP contribution in [0.25, 0.3) is 21.5 Å². The first-order chi connectivity index (χ1) is 16.2. The Morgan fingerprint density at radius 3 is 2.76 bits per heavy atom. The molecule has 3 heterocycles. The first-order valence-corrected chi connectivity index (χ1v) is 11.9. The summed E-state index contributed by atoms with van der Waals surface area (Å²) in [5.41, 5.74) is 1.79. The number of amides is 1. The van der Waals surface area contributed by atoms with E-state index in [1.807, 2.05) is 0 Å². The molecule has 0 unspecified atom stereocenters. The van der Waals surface area contributed by atoms with E-state index in [1.165, 1.54) is 28.4 Å². The lowest BCUT2D eigenvalue weighted by Gasteiger charge is -2.27. The molecule has 2 aromatic carbocycles. The second kappa shape index (κ2) is 8.70. The number of aromatic nitrogens is 2. The Morgan fingerprint density at radius 1 is 1.24 bits per heavy atom. The second-order valence-electron chi connectivity index (χ2n) is 8.20. The number of hydrogen-bond acceptors (Lipinski definition) is 5. The number of carbonyl (C=O) groups is 1. The van der Waals surface area contributed by atoms with Gasteiger partial charge in [0, 0.05) is 24.4 Å². The fraction of sp³-hybridized carbons (Fsp3) is 0.292. The highest BCUT2D eigenvalue weighted by molar-refractivity contribution is 7.15. The third kappa shape index (κ3) is 4.30. The predicted molar refractivity (Wildman–Crippen MR) is 124 cm³/mol. The molecule has 0 N–H and O–H groups in total. The van der Waals surface area contributed by atoms with Gasteiger partial charge in [-0.1, -0.05) is 23.7 Å². The highest BCUT2D eigenvalue weighted by Crippen LogP contribution is 2.39. The summed E-state index contributed by atoms with van der Waals surface area (Å²) >= 11 is 7.25. The van der Waals surface area contributed by atoms with Gasteiger partial charge in [-0.25, -0.2) is 23.1 Å². The molecule has 1 amide bonds. The van der Waals surface area contributed by atoms with Crippen LogP contribution in [0.1, 0.15) is 34.2 Å². The normalized spacial score (nSPS) is 17.6. The topological polar surface area (TPSA) is 59.2 Å². The predicted octanol–water partition coefficient (Wildman–Crippen LogP) is 6.53. The maximum atomic E-state index is 14.8. The summed E-state index contributed by atoms with van der Waals surface area (Å²) in [5.74, 6) is -3.70. The maximum Gasteiger partial charge on any atom is 0.274 e. The average molecular weight is 506 g/mol. The van der Waals surface area contributed by atoms with E-state index in [4.69, 9.17) is 16.0 Å². The molecular formula is C24H19ClF3N3O2S. The van der Waals surface area contributed by atoms with Crippen molar-refractivity contribution in [3.63, 3.8) is 0 Å². The van der Waals surface area contributed by atoms with Gasteiger partial charge in [0.1, 0.15) is 17.0 Å². The van der Waals surface area contributed by atoms with Gasteiger partial charge in [0.15, 0.2) is 11.5 Å². The van der Waals surface area contributed by atoms with Crippen molar-refractivity contribution >= 4 is 39.9 Å². The van der Waals surface area contributed by atoms with E-state index < -0.39 is 30.1 Å². The van der Waals surface area contributed by atoms with Crippen molar-refractivity contribution in [2.75, 3.05) is 6.54 Å². The molecule has 1 aliphatic heterocycles. The second-order valence-corrected chi connectivity index (χ2v) is 9.84. The monoisotopic (exact) mass is 505 g/mol. The van der Waals surface area contributed by atoms with Crippen molar-refractivity contribution in [3.05, 3.63) is 69.9 Å². The number of oxazole rings is 1. The van der Waals surface area contributed by atoms with E-state index in [0.29, 0.717) is 37.5 Å². The van der Waals surface area contributed by atoms with Gasteiger partial charge in [0.25, 0.3) is 11.8 Å². The molecule has 4 aromatic rings. The average Bonchev–Trinajstić information content (AvgIpc) is 3.46. The lowest BCUT2D eigenvalue weighted by molar-refractivity contribution is -0.0324. The largest absolute Gasteiger partial charge is 0.441 e. The zero-order valence-electron chi connectivity index (χ0n) is 18.0. The van der Waals surface area contributed by atoms with Gasteiger partial charge in [-0.2, -0.15) is 0 Å². The standard InChI is InChI=1S/C24H19ClF3N3O2S/c1-13-29-21(22(34-13)14-2-5-16(26)6-3-14)23(32)31-11-10-24(27,28)19(31)8-9-20-30-17-12-15(25)4-7-18(17)33-20/h2-7,12,19H,8-11H2,1H3/t19-/m1/s1. The van der Waals surface area contributed by atoms with Crippen LogP contribution in [0.3, 0.4) is 0 Å². The van der Waals surface area contributed by atoms with Gasteiger partial charge in [-0.15, -0.1) is 11.3 Å². The van der Waals surface area contributed by atoms with Crippen LogP contribution in [0.5, 0.6) is 0 Å². The van der Waals surface area contributed by atoms with Crippen molar-refractivity contribution in [2.45, 2.75) is 38.2 Å². The van der Waals surface area contributed by atoms with E-state index in [9.17, 15) is 18.0 Å². The molecule has 1 aliphatic rings. The summed E-state index contributed by atoms with van der Waals surface area (Å²) in [7, 11) is 0. The summed E-state index contributed by atoms with van der Waals surface area (Å²) in [6, 6.07) is 9.35. The van der Waals surface area contributed by atoms with Crippen LogP contribution >= 0.6 is 22.9 Å². The van der Waals surface area contributed by atoms with E-state index in [0.717, 1.165) is 0 Å². The number of likely N-dealkylation sites (tertiary alicyclic amines) is 1. The van der Waals surface area contributed by atoms with Crippen LogP contribution < -0.4 is 0 Å². The number of aryl methyl sites for hydroxylation is 2. The number of halogens is 4. The molecule has 0 saturated carbocycles. The number of nitrogens with zero attached hydrogens (tertiary/aromatic N) is 3. The SMILES string of the molecule is Cc1nc(C(=O)N2CCC(F)(F)[C@H]2CCc2nc3cc(Cl)ccc3o2)c(-c2ccc(F)cc2)s1. The zero-order valence-corrected chi connectivity index (χ0v) is 19.6. The molecule has 5 nitrogen and oxygen atoms in total. The fourth-order valence-electron chi connectivity index (χ4n) is 4.25. The Kier molecular flexibility index (Phi) is 5.85. The zero-order chi connectivity index (χ0) is 24.0. The molecule has 176 valence electrons. The van der Waals surface area contributed by atoms with Gasteiger partial charge < -0.3 is 9.32 Å². The molecule has 1 saturated heterocycles. The summed E-state index contributed by atoms with van der Waals surface area (Å²) in [4.78, 5) is 23.8. The van der Waals surface area contributed by atoms with E-state index in [2.05, 4.69) is 9.97 Å². The number of fused-ring (bicyclic) bond motifs is 1. The highest BCUT2D eigenvalue weighted by atomic mass is 35.5. The molecule has 0 bridgehead atoms. The van der Waals surface area contributed by atoms with Crippen molar-refractivity contribution in [3.8, 4) is 10.4 Å². The Hall–Kier alpha value is -2.91. The van der Waals surface area contributed by atoms with E-state index in [-0.39, 0.29) is 25.1 Å². The highest BCUT2D eigenvalue weighted by Gasteiger charge is 2.51. The third-order valence-corrected chi connectivity index (χ3v) is 7.13.